The van der Waals surface area contributed by atoms with E-state index in [1.165, 1.54) is 18.2 Å². The molecule has 0 amide bonds. The number of benzene rings is 2. The molecular weight excluding hydrogens is 387 g/mol. The summed E-state index contributed by atoms with van der Waals surface area (Å²) in [6.45, 7) is 0. The SMILES string of the molecule is Nc1ccc(S(=O)(=O)Nc2ccc(Br)cc2Cl)c(Cl)c1. The summed E-state index contributed by atoms with van der Waals surface area (Å²) in [6, 6.07) is 8.99. The van der Waals surface area contributed by atoms with Crippen LogP contribution < -0.4 is 10.5 Å². The molecule has 0 heterocycles. The summed E-state index contributed by atoms with van der Waals surface area (Å²) in [4.78, 5) is -0.0626. The van der Waals surface area contributed by atoms with Gasteiger partial charge >= 0.3 is 0 Å². The van der Waals surface area contributed by atoms with Gasteiger partial charge in [-0.15, -0.1) is 0 Å². The Labute approximate surface area is 135 Å². The first-order chi connectivity index (χ1) is 9.29. The summed E-state index contributed by atoms with van der Waals surface area (Å²) in [5.74, 6) is 0. The van der Waals surface area contributed by atoms with Gasteiger partial charge in [0.05, 0.1) is 15.7 Å². The lowest BCUT2D eigenvalue weighted by molar-refractivity contribution is 0.601. The standard InChI is InChI=1S/C12H9BrCl2N2O2S/c13-7-1-3-11(9(14)5-7)17-20(18,19)12-4-2-8(16)6-10(12)15/h1-6,17H,16H2. The van der Waals surface area contributed by atoms with E-state index in [-0.39, 0.29) is 20.6 Å². The largest absolute Gasteiger partial charge is 0.399 e. The number of hydrogen-bond acceptors (Lipinski definition) is 3. The van der Waals surface area contributed by atoms with Crippen LogP contribution in [-0.4, -0.2) is 8.42 Å². The fourth-order valence-electron chi connectivity index (χ4n) is 1.51. The maximum Gasteiger partial charge on any atom is 0.263 e. The number of hydrogen-bond donors (Lipinski definition) is 2. The van der Waals surface area contributed by atoms with E-state index >= 15 is 0 Å². The van der Waals surface area contributed by atoms with E-state index in [1.807, 2.05) is 0 Å². The first-order valence-electron chi connectivity index (χ1n) is 5.32. The van der Waals surface area contributed by atoms with Crippen molar-refractivity contribution in [3.05, 3.63) is 50.9 Å². The predicted molar refractivity (Wildman–Crippen MR) is 85.8 cm³/mol. The molecule has 0 spiro atoms. The first kappa shape index (κ1) is 15.4. The summed E-state index contributed by atoms with van der Waals surface area (Å²) in [7, 11) is -3.83. The molecular formula is C12H9BrCl2N2O2S. The fraction of sp³-hybridized carbons (Fsp3) is 0. The summed E-state index contributed by atoms with van der Waals surface area (Å²) in [5.41, 5.74) is 6.19. The molecule has 0 bridgehead atoms. The highest BCUT2D eigenvalue weighted by molar-refractivity contribution is 9.10. The lowest BCUT2D eigenvalue weighted by Crippen LogP contribution is -2.14. The molecule has 0 aliphatic heterocycles. The third kappa shape index (κ3) is 3.38. The van der Waals surface area contributed by atoms with Gasteiger partial charge in [-0.1, -0.05) is 39.1 Å². The van der Waals surface area contributed by atoms with E-state index in [2.05, 4.69) is 20.7 Å². The van der Waals surface area contributed by atoms with Crippen molar-refractivity contribution in [2.45, 2.75) is 4.90 Å². The minimum absolute atomic E-state index is 0.0470. The van der Waals surface area contributed by atoms with Gasteiger partial charge in [-0.3, -0.25) is 4.72 Å². The lowest BCUT2D eigenvalue weighted by atomic mass is 10.3. The van der Waals surface area contributed by atoms with Crippen LogP contribution >= 0.6 is 39.1 Å². The molecule has 0 aliphatic rings. The second-order valence-corrected chi connectivity index (χ2v) is 7.30. The predicted octanol–water partition coefficient (Wildman–Crippen LogP) is 4.14. The van der Waals surface area contributed by atoms with E-state index in [0.717, 1.165) is 4.47 Å². The Balaban J connectivity index is 2.41. The van der Waals surface area contributed by atoms with Crippen LogP contribution in [0.3, 0.4) is 0 Å². The van der Waals surface area contributed by atoms with E-state index in [1.54, 1.807) is 18.2 Å². The zero-order valence-electron chi connectivity index (χ0n) is 9.90. The molecule has 3 N–H and O–H groups in total. The molecule has 106 valence electrons. The Hall–Kier alpha value is -0.950. The highest BCUT2D eigenvalue weighted by Crippen LogP contribution is 2.30. The second kappa shape index (κ2) is 5.81. The summed E-state index contributed by atoms with van der Waals surface area (Å²) in [5, 5.41) is 0.320. The molecule has 2 rings (SSSR count). The molecule has 2 aromatic rings. The fourth-order valence-corrected chi connectivity index (χ4v) is 3.92. The molecule has 0 saturated heterocycles. The normalized spacial score (nSPS) is 11.3. The molecule has 2 aromatic carbocycles. The van der Waals surface area contributed by atoms with Crippen molar-refractivity contribution in [2.24, 2.45) is 0 Å². The molecule has 0 saturated carbocycles. The van der Waals surface area contributed by atoms with Crippen LogP contribution in [0.25, 0.3) is 0 Å². The van der Waals surface area contributed by atoms with Crippen LogP contribution in [0.4, 0.5) is 11.4 Å². The molecule has 0 unspecified atom stereocenters. The number of halogens is 3. The van der Waals surface area contributed by atoms with Crippen molar-refractivity contribution in [1.82, 2.24) is 0 Å². The lowest BCUT2D eigenvalue weighted by Gasteiger charge is -2.11. The zero-order valence-corrected chi connectivity index (χ0v) is 13.8. The molecule has 4 nitrogen and oxygen atoms in total. The average Bonchev–Trinajstić information content (AvgIpc) is 2.32. The van der Waals surface area contributed by atoms with E-state index in [4.69, 9.17) is 28.9 Å². The Bertz CT molecular complexity index is 766. The van der Waals surface area contributed by atoms with Crippen molar-refractivity contribution < 1.29 is 8.42 Å². The Morgan fingerprint density at radius 2 is 1.75 bits per heavy atom. The number of rotatable bonds is 3. The number of nitrogen functional groups attached to an aromatic ring is 1. The Morgan fingerprint density at radius 1 is 1.05 bits per heavy atom. The van der Waals surface area contributed by atoms with Gasteiger partial charge < -0.3 is 5.73 Å². The third-order valence-electron chi connectivity index (χ3n) is 2.42. The van der Waals surface area contributed by atoms with Crippen LogP contribution in [0, 0.1) is 0 Å². The van der Waals surface area contributed by atoms with Crippen LogP contribution in [0.1, 0.15) is 0 Å². The average molecular weight is 396 g/mol. The minimum Gasteiger partial charge on any atom is -0.399 e. The molecule has 20 heavy (non-hydrogen) atoms. The molecule has 8 heteroatoms. The number of sulfonamides is 1. The van der Waals surface area contributed by atoms with Crippen molar-refractivity contribution in [1.29, 1.82) is 0 Å². The number of anilines is 2. The van der Waals surface area contributed by atoms with Crippen molar-refractivity contribution >= 4 is 60.5 Å². The Kier molecular flexibility index (Phi) is 4.49. The summed E-state index contributed by atoms with van der Waals surface area (Å²) in [6.07, 6.45) is 0. The van der Waals surface area contributed by atoms with Crippen molar-refractivity contribution in [3.8, 4) is 0 Å². The van der Waals surface area contributed by atoms with Gasteiger partial charge in [-0.05, 0) is 36.4 Å². The zero-order chi connectivity index (χ0) is 14.9. The molecule has 0 radical (unpaired) electrons. The summed E-state index contributed by atoms with van der Waals surface area (Å²) >= 11 is 15.1. The smallest absolute Gasteiger partial charge is 0.263 e. The highest BCUT2D eigenvalue weighted by Gasteiger charge is 2.19. The third-order valence-corrected chi connectivity index (χ3v) is 5.08. The van der Waals surface area contributed by atoms with E-state index in [0.29, 0.717) is 5.69 Å². The number of nitrogens with two attached hydrogens (primary N) is 1. The monoisotopic (exact) mass is 394 g/mol. The quantitative estimate of drug-likeness (QED) is 0.767. The molecule has 0 atom stereocenters. The van der Waals surface area contributed by atoms with Crippen LogP contribution in [-0.2, 0) is 10.0 Å². The van der Waals surface area contributed by atoms with Crippen molar-refractivity contribution in [2.75, 3.05) is 10.5 Å². The van der Waals surface area contributed by atoms with E-state index in [9.17, 15) is 8.42 Å². The van der Waals surface area contributed by atoms with Gasteiger partial charge in [0.2, 0.25) is 0 Å². The van der Waals surface area contributed by atoms with Gasteiger partial charge in [-0.2, -0.15) is 0 Å². The minimum atomic E-state index is -3.83. The second-order valence-electron chi connectivity index (χ2n) is 3.92. The van der Waals surface area contributed by atoms with Gasteiger partial charge in [0, 0.05) is 10.2 Å². The molecule has 0 aromatic heterocycles. The van der Waals surface area contributed by atoms with Gasteiger partial charge in [-0.25, -0.2) is 8.42 Å². The maximum atomic E-state index is 12.3. The molecule has 0 aliphatic carbocycles. The van der Waals surface area contributed by atoms with Crippen LogP contribution in [0.5, 0.6) is 0 Å². The van der Waals surface area contributed by atoms with Crippen LogP contribution in [0.2, 0.25) is 10.0 Å². The molecule has 0 fully saturated rings. The maximum absolute atomic E-state index is 12.3. The number of nitrogens with one attached hydrogen (secondary N) is 1. The van der Waals surface area contributed by atoms with Gasteiger partial charge in [0.25, 0.3) is 10.0 Å². The van der Waals surface area contributed by atoms with Gasteiger partial charge in [0.1, 0.15) is 4.90 Å². The topological polar surface area (TPSA) is 72.2 Å². The first-order valence-corrected chi connectivity index (χ1v) is 8.36. The van der Waals surface area contributed by atoms with E-state index < -0.39 is 10.0 Å². The van der Waals surface area contributed by atoms with Crippen molar-refractivity contribution in [3.63, 3.8) is 0 Å². The van der Waals surface area contributed by atoms with Crippen LogP contribution in [0.15, 0.2) is 45.8 Å². The summed E-state index contributed by atoms with van der Waals surface area (Å²) < 4.78 is 27.7. The Morgan fingerprint density at radius 3 is 2.35 bits per heavy atom. The highest BCUT2D eigenvalue weighted by atomic mass is 79.9. The van der Waals surface area contributed by atoms with Gasteiger partial charge in [0.15, 0.2) is 0 Å².